The summed E-state index contributed by atoms with van der Waals surface area (Å²) in [6.45, 7) is -0.739. The minimum atomic E-state index is -4.28. The van der Waals surface area contributed by atoms with Gasteiger partial charge >= 0.3 is 6.55 Å². The van der Waals surface area contributed by atoms with Gasteiger partial charge in [0.05, 0.1) is 37.4 Å². The van der Waals surface area contributed by atoms with Crippen LogP contribution in [-0.2, 0) is 16.6 Å². The Morgan fingerprint density at radius 3 is 2.60 bits per heavy atom. The number of anilines is 1. The smallest absolute Gasteiger partial charge is 0.329 e. The number of carbonyl (C=O) groups is 1. The largest absolute Gasteiger partial charge is 0.482 e. The van der Waals surface area contributed by atoms with Crippen molar-refractivity contribution in [1.29, 1.82) is 0 Å². The van der Waals surface area contributed by atoms with Crippen LogP contribution in [0.1, 0.15) is 35.3 Å². The highest BCUT2D eigenvalue weighted by Gasteiger charge is 2.35. The van der Waals surface area contributed by atoms with E-state index in [0.717, 1.165) is 12.8 Å². The van der Waals surface area contributed by atoms with Crippen LogP contribution in [0, 0.1) is 12.8 Å². The van der Waals surface area contributed by atoms with Gasteiger partial charge in [-0.3, -0.25) is 9.20 Å². The first-order valence-electron chi connectivity index (χ1n) is 13.9. The summed E-state index contributed by atoms with van der Waals surface area (Å²) in [5.74, 6) is 0.0885. The number of sulfonamides is 1. The number of carbonyl (C=O) groups excluding carboxylic acids is 1. The molecule has 4 aromatic rings. The number of alkyl halides is 2. The number of aliphatic hydroxyl groups is 1. The second kappa shape index (κ2) is 10.7. The van der Waals surface area contributed by atoms with Crippen LogP contribution in [-0.4, -0.2) is 88.4 Å². The standard InChI is InChI=1S/C28H33F2N7O5S/c1-15-25(32-23-9-18(10-24(42-2)36(15)23)27(39)34-13-19(31)11-20(34)14-38)21-8-17-6-7-22(37(28(29)30)43(3,40)41)33-26(17)35(21)12-16-4-5-16/h6-10,16,19-20,28,38H,4-5,11-14,31H2,1-3H3/t19-,20-/m1/s1. The molecule has 12 nitrogen and oxygen atoms in total. The Bertz CT molecular complexity index is 1840. The normalized spacial score (nSPS) is 19.2. The summed E-state index contributed by atoms with van der Waals surface area (Å²) in [5, 5.41) is 10.4. The number of fused-ring (bicyclic) bond motifs is 2. The van der Waals surface area contributed by atoms with Gasteiger partial charge in [0, 0.05) is 36.1 Å². The average molecular weight is 618 g/mol. The molecule has 230 valence electrons. The van der Waals surface area contributed by atoms with Crippen molar-refractivity contribution >= 4 is 38.4 Å². The molecular weight excluding hydrogens is 584 g/mol. The van der Waals surface area contributed by atoms with Crippen LogP contribution in [0.2, 0.25) is 0 Å². The van der Waals surface area contributed by atoms with Gasteiger partial charge in [-0.2, -0.15) is 13.1 Å². The monoisotopic (exact) mass is 617 g/mol. The van der Waals surface area contributed by atoms with Crippen LogP contribution >= 0.6 is 0 Å². The molecule has 2 atom stereocenters. The number of rotatable bonds is 9. The highest BCUT2D eigenvalue weighted by molar-refractivity contribution is 7.92. The van der Waals surface area contributed by atoms with Crippen LogP contribution in [0.25, 0.3) is 28.1 Å². The van der Waals surface area contributed by atoms with E-state index >= 15 is 0 Å². The molecule has 1 amide bonds. The number of aliphatic hydroxyl groups excluding tert-OH is 1. The fourth-order valence-electron chi connectivity index (χ4n) is 5.93. The Morgan fingerprint density at radius 2 is 1.98 bits per heavy atom. The van der Waals surface area contributed by atoms with Crippen molar-refractivity contribution in [3.63, 3.8) is 0 Å². The minimum Gasteiger partial charge on any atom is -0.482 e. The Kier molecular flexibility index (Phi) is 7.29. The molecule has 4 aromatic heterocycles. The molecule has 0 radical (unpaired) electrons. The molecule has 2 fully saturated rings. The molecule has 6 rings (SSSR count). The second-order valence-corrected chi connectivity index (χ2v) is 13.2. The topological polar surface area (TPSA) is 148 Å². The predicted molar refractivity (Wildman–Crippen MR) is 156 cm³/mol. The first-order chi connectivity index (χ1) is 20.4. The number of hydrogen-bond acceptors (Lipinski definition) is 8. The van der Waals surface area contributed by atoms with Crippen molar-refractivity contribution in [2.45, 2.75) is 51.4 Å². The van der Waals surface area contributed by atoms with Crippen LogP contribution in [0.5, 0.6) is 5.88 Å². The molecule has 1 saturated heterocycles. The SMILES string of the molecule is COc1cc(C(=O)N2C[C@H](N)C[C@@H]2CO)cc2nc(-c3cc4ccc(N(C(F)F)S(C)(=O)=O)nc4n3CC3CC3)c(C)n12. The lowest BCUT2D eigenvalue weighted by atomic mass is 10.2. The van der Waals surface area contributed by atoms with Crippen molar-refractivity contribution in [3.05, 3.63) is 41.6 Å². The quantitative estimate of drug-likeness (QED) is 0.273. The van der Waals surface area contributed by atoms with E-state index in [1.807, 2.05) is 17.6 Å². The number of ether oxygens (including phenoxy) is 1. The molecule has 0 aromatic carbocycles. The van der Waals surface area contributed by atoms with Crippen LogP contribution < -0.4 is 14.8 Å². The molecule has 1 saturated carbocycles. The van der Waals surface area contributed by atoms with Crippen LogP contribution in [0.4, 0.5) is 14.6 Å². The Balaban J connectivity index is 1.49. The third-order valence-corrected chi connectivity index (χ3v) is 9.22. The zero-order chi connectivity index (χ0) is 30.8. The lowest BCUT2D eigenvalue weighted by molar-refractivity contribution is 0.0676. The van der Waals surface area contributed by atoms with E-state index in [1.54, 1.807) is 27.5 Å². The number of methoxy groups -OCH3 is 1. The zero-order valence-corrected chi connectivity index (χ0v) is 24.8. The Labute approximate surface area is 246 Å². The average Bonchev–Trinajstić information content (AvgIpc) is 3.46. The summed E-state index contributed by atoms with van der Waals surface area (Å²) < 4.78 is 61.3. The number of imidazole rings is 1. The van der Waals surface area contributed by atoms with Gasteiger partial charge in [-0.25, -0.2) is 18.4 Å². The van der Waals surface area contributed by atoms with Crippen LogP contribution in [0.15, 0.2) is 30.3 Å². The molecule has 5 heterocycles. The van der Waals surface area contributed by atoms with Gasteiger partial charge < -0.3 is 25.0 Å². The van der Waals surface area contributed by atoms with E-state index in [4.69, 9.17) is 15.5 Å². The van der Waals surface area contributed by atoms with E-state index in [1.165, 1.54) is 13.2 Å². The van der Waals surface area contributed by atoms with E-state index < -0.39 is 16.6 Å². The number of amides is 1. The maximum absolute atomic E-state index is 13.8. The van der Waals surface area contributed by atoms with Gasteiger partial charge in [0.1, 0.15) is 22.8 Å². The number of nitrogens with zero attached hydrogens (tertiary/aromatic N) is 6. The van der Waals surface area contributed by atoms with E-state index in [9.17, 15) is 27.1 Å². The maximum Gasteiger partial charge on any atom is 0.329 e. The third kappa shape index (κ3) is 5.18. The Morgan fingerprint density at radius 1 is 1.23 bits per heavy atom. The molecule has 43 heavy (non-hydrogen) atoms. The predicted octanol–water partition coefficient (Wildman–Crippen LogP) is 2.60. The zero-order valence-electron chi connectivity index (χ0n) is 23.9. The number of pyridine rings is 2. The summed E-state index contributed by atoms with van der Waals surface area (Å²) in [7, 11) is -2.79. The number of halogens is 2. The highest BCUT2D eigenvalue weighted by Crippen LogP contribution is 2.38. The lowest BCUT2D eigenvalue weighted by Gasteiger charge is -2.23. The number of hydrogen-bond donors (Lipinski definition) is 2. The van der Waals surface area contributed by atoms with E-state index in [2.05, 4.69) is 4.98 Å². The van der Waals surface area contributed by atoms with Gasteiger partial charge in [0.25, 0.3) is 5.91 Å². The van der Waals surface area contributed by atoms with Crippen molar-refractivity contribution in [1.82, 2.24) is 23.8 Å². The number of aromatic nitrogens is 4. The highest BCUT2D eigenvalue weighted by atomic mass is 32.2. The van der Waals surface area contributed by atoms with E-state index in [0.29, 0.717) is 76.9 Å². The Hall–Kier alpha value is -3.82. The first-order valence-corrected chi connectivity index (χ1v) is 15.8. The summed E-state index contributed by atoms with van der Waals surface area (Å²) >= 11 is 0. The first kappa shape index (κ1) is 29.3. The van der Waals surface area contributed by atoms with Gasteiger partial charge in [-0.15, -0.1) is 0 Å². The third-order valence-electron chi connectivity index (χ3n) is 8.16. The molecule has 1 aliphatic heterocycles. The summed E-state index contributed by atoms with van der Waals surface area (Å²) in [4.78, 5) is 24.4. The lowest BCUT2D eigenvalue weighted by Crippen LogP contribution is -2.38. The molecule has 1 aliphatic carbocycles. The van der Waals surface area contributed by atoms with Crippen molar-refractivity contribution in [3.8, 4) is 17.3 Å². The van der Waals surface area contributed by atoms with Crippen LogP contribution in [0.3, 0.4) is 0 Å². The maximum atomic E-state index is 13.8. The van der Waals surface area contributed by atoms with Crippen molar-refractivity contribution < 1.29 is 31.8 Å². The molecular formula is C28H33F2N7O5S. The molecule has 0 spiro atoms. The fraction of sp³-hybridized carbons (Fsp3) is 0.464. The van der Waals surface area contributed by atoms with Gasteiger partial charge in [0.15, 0.2) is 5.88 Å². The molecule has 15 heteroatoms. The number of likely N-dealkylation sites (tertiary alicyclic amines) is 1. The van der Waals surface area contributed by atoms with Crippen molar-refractivity contribution in [2.75, 3.05) is 30.8 Å². The fourth-order valence-corrected chi connectivity index (χ4v) is 6.66. The summed E-state index contributed by atoms with van der Waals surface area (Å²) in [5.41, 5.74) is 9.20. The molecule has 0 bridgehead atoms. The van der Waals surface area contributed by atoms with E-state index in [-0.39, 0.29) is 34.7 Å². The molecule has 3 N–H and O–H groups in total. The van der Waals surface area contributed by atoms with Crippen molar-refractivity contribution in [2.24, 2.45) is 11.7 Å². The van der Waals surface area contributed by atoms with Gasteiger partial charge in [-0.1, -0.05) is 0 Å². The summed E-state index contributed by atoms with van der Waals surface area (Å²) in [6, 6.07) is 7.39. The summed E-state index contributed by atoms with van der Waals surface area (Å²) in [6.07, 6.45) is 3.23. The van der Waals surface area contributed by atoms with Gasteiger partial charge in [-0.05, 0) is 56.4 Å². The number of nitrogens with two attached hydrogens (primary N) is 1. The second-order valence-electron chi connectivity index (χ2n) is 11.3. The molecule has 0 unspecified atom stereocenters. The number of aryl methyl sites for hydroxylation is 1. The minimum absolute atomic E-state index is 0.00867. The molecule has 2 aliphatic rings. The van der Waals surface area contributed by atoms with Gasteiger partial charge in [0.2, 0.25) is 10.0 Å².